The largest absolute Gasteiger partial charge is 0.349 e. The van der Waals surface area contributed by atoms with Crippen molar-refractivity contribution in [3.05, 3.63) is 21.4 Å². The second kappa shape index (κ2) is 4.58. The van der Waals surface area contributed by atoms with Crippen molar-refractivity contribution in [3.8, 4) is 0 Å². The molecule has 0 spiro atoms. The highest BCUT2D eigenvalue weighted by molar-refractivity contribution is 7.10. The SMILES string of the molecule is Cc1scc(C(=O)N[C@H](C)C(C)(C)C)c1C. The molecule has 0 radical (unpaired) electrons. The molecule has 0 aromatic carbocycles. The molecular weight excluding hydrogens is 218 g/mol. The van der Waals surface area contributed by atoms with Gasteiger partial charge in [0.05, 0.1) is 5.56 Å². The molecular formula is C13H21NOS. The molecule has 1 amide bonds. The van der Waals surface area contributed by atoms with E-state index in [1.165, 1.54) is 4.88 Å². The van der Waals surface area contributed by atoms with Crippen molar-refractivity contribution in [1.29, 1.82) is 0 Å². The van der Waals surface area contributed by atoms with E-state index in [0.29, 0.717) is 0 Å². The highest BCUT2D eigenvalue weighted by Gasteiger charge is 2.23. The van der Waals surface area contributed by atoms with Crippen LogP contribution in [-0.4, -0.2) is 11.9 Å². The third kappa shape index (κ3) is 2.85. The van der Waals surface area contributed by atoms with Crippen LogP contribution in [0.25, 0.3) is 0 Å². The van der Waals surface area contributed by atoms with Gasteiger partial charge in [0.2, 0.25) is 0 Å². The number of rotatable bonds is 2. The minimum absolute atomic E-state index is 0.0456. The first-order valence-corrected chi connectivity index (χ1v) is 6.47. The van der Waals surface area contributed by atoms with Crippen molar-refractivity contribution in [2.75, 3.05) is 0 Å². The Labute approximate surface area is 102 Å². The number of thiophene rings is 1. The normalized spacial score (nSPS) is 13.6. The standard InChI is InChI=1S/C13H21NOS/c1-8-9(2)16-7-11(8)12(15)14-10(3)13(4,5)6/h7,10H,1-6H3,(H,14,15)/t10-/m1/s1. The van der Waals surface area contributed by atoms with Gasteiger partial charge in [0.25, 0.3) is 5.91 Å². The summed E-state index contributed by atoms with van der Waals surface area (Å²) in [6, 6.07) is 0.166. The summed E-state index contributed by atoms with van der Waals surface area (Å²) in [6.07, 6.45) is 0. The van der Waals surface area contributed by atoms with E-state index in [-0.39, 0.29) is 17.4 Å². The Balaban J connectivity index is 2.78. The molecule has 16 heavy (non-hydrogen) atoms. The first kappa shape index (κ1) is 13.2. The van der Waals surface area contributed by atoms with Crippen LogP contribution in [0.15, 0.2) is 5.38 Å². The van der Waals surface area contributed by atoms with Crippen molar-refractivity contribution in [2.45, 2.75) is 47.6 Å². The lowest BCUT2D eigenvalue weighted by atomic mass is 9.88. The van der Waals surface area contributed by atoms with Gasteiger partial charge in [-0.15, -0.1) is 11.3 Å². The molecule has 90 valence electrons. The van der Waals surface area contributed by atoms with Crippen molar-refractivity contribution >= 4 is 17.2 Å². The Morgan fingerprint density at radius 2 is 1.94 bits per heavy atom. The molecule has 1 aromatic heterocycles. The predicted octanol–water partition coefficient (Wildman–Crippen LogP) is 3.53. The van der Waals surface area contributed by atoms with Crippen molar-refractivity contribution < 1.29 is 4.79 Å². The lowest BCUT2D eigenvalue weighted by Gasteiger charge is -2.28. The van der Waals surface area contributed by atoms with E-state index in [1.807, 2.05) is 26.2 Å². The molecule has 0 aliphatic carbocycles. The van der Waals surface area contributed by atoms with Gasteiger partial charge in [0.15, 0.2) is 0 Å². The van der Waals surface area contributed by atoms with Gasteiger partial charge < -0.3 is 5.32 Å². The van der Waals surface area contributed by atoms with E-state index in [1.54, 1.807) is 11.3 Å². The van der Waals surface area contributed by atoms with Gasteiger partial charge in [0, 0.05) is 16.3 Å². The molecule has 0 unspecified atom stereocenters. The quantitative estimate of drug-likeness (QED) is 0.840. The number of carbonyl (C=O) groups is 1. The van der Waals surface area contributed by atoms with Gasteiger partial charge in [-0.05, 0) is 31.7 Å². The lowest BCUT2D eigenvalue weighted by Crippen LogP contribution is -2.41. The summed E-state index contributed by atoms with van der Waals surface area (Å²) in [6.45, 7) is 12.5. The van der Waals surface area contributed by atoms with E-state index in [0.717, 1.165) is 11.1 Å². The van der Waals surface area contributed by atoms with Crippen molar-refractivity contribution in [2.24, 2.45) is 5.41 Å². The Hall–Kier alpha value is -0.830. The molecule has 0 aliphatic heterocycles. The Morgan fingerprint density at radius 3 is 2.31 bits per heavy atom. The van der Waals surface area contributed by atoms with Gasteiger partial charge >= 0.3 is 0 Å². The van der Waals surface area contributed by atoms with E-state index in [9.17, 15) is 4.79 Å². The van der Waals surface area contributed by atoms with Gasteiger partial charge in [-0.25, -0.2) is 0 Å². The van der Waals surface area contributed by atoms with E-state index in [2.05, 4.69) is 26.1 Å². The first-order chi connectivity index (χ1) is 7.23. The third-order valence-electron chi connectivity index (χ3n) is 3.18. The summed E-state index contributed by atoms with van der Waals surface area (Å²) < 4.78 is 0. The second-order valence-corrected chi connectivity index (χ2v) is 6.48. The van der Waals surface area contributed by atoms with Crippen LogP contribution in [0.2, 0.25) is 0 Å². The van der Waals surface area contributed by atoms with Crippen LogP contribution in [0.1, 0.15) is 48.5 Å². The molecule has 1 aromatic rings. The average molecular weight is 239 g/mol. The molecule has 0 aliphatic rings. The fourth-order valence-corrected chi connectivity index (χ4v) is 2.09. The van der Waals surface area contributed by atoms with Crippen LogP contribution in [0.4, 0.5) is 0 Å². The fourth-order valence-electron chi connectivity index (χ4n) is 1.23. The van der Waals surface area contributed by atoms with E-state index in [4.69, 9.17) is 0 Å². The summed E-state index contributed by atoms with van der Waals surface area (Å²) in [7, 11) is 0. The maximum atomic E-state index is 12.0. The summed E-state index contributed by atoms with van der Waals surface area (Å²) in [4.78, 5) is 13.2. The first-order valence-electron chi connectivity index (χ1n) is 5.59. The smallest absolute Gasteiger partial charge is 0.252 e. The highest BCUT2D eigenvalue weighted by atomic mass is 32.1. The molecule has 1 N–H and O–H groups in total. The number of nitrogens with one attached hydrogen (secondary N) is 1. The number of hydrogen-bond acceptors (Lipinski definition) is 2. The fraction of sp³-hybridized carbons (Fsp3) is 0.615. The van der Waals surface area contributed by atoms with Crippen LogP contribution >= 0.6 is 11.3 Å². The zero-order valence-corrected chi connectivity index (χ0v) is 11.8. The molecule has 1 atom stereocenters. The summed E-state index contributed by atoms with van der Waals surface area (Å²) in [5, 5.41) is 5.00. The topological polar surface area (TPSA) is 29.1 Å². The molecule has 0 fully saturated rings. The van der Waals surface area contributed by atoms with Crippen molar-refractivity contribution in [3.63, 3.8) is 0 Å². The maximum Gasteiger partial charge on any atom is 0.252 e. The summed E-state index contributed by atoms with van der Waals surface area (Å²) in [5.41, 5.74) is 2.01. The van der Waals surface area contributed by atoms with Gasteiger partial charge in [-0.1, -0.05) is 20.8 Å². The summed E-state index contributed by atoms with van der Waals surface area (Å²) >= 11 is 1.63. The van der Waals surface area contributed by atoms with Crippen LogP contribution < -0.4 is 5.32 Å². The number of hydrogen-bond donors (Lipinski definition) is 1. The Morgan fingerprint density at radius 1 is 1.38 bits per heavy atom. The molecule has 3 heteroatoms. The van der Waals surface area contributed by atoms with Crippen LogP contribution in [0.3, 0.4) is 0 Å². The van der Waals surface area contributed by atoms with Gasteiger partial charge in [-0.2, -0.15) is 0 Å². The van der Waals surface area contributed by atoms with E-state index >= 15 is 0 Å². The van der Waals surface area contributed by atoms with Crippen LogP contribution in [0, 0.1) is 19.3 Å². The molecule has 0 saturated carbocycles. The molecule has 0 saturated heterocycles. The molecule has 2 nitrogen and oxygen atoms in total. The zero-order chi connectivity index (χ0) is 12.5. The minimum atomic E-state index is 0.0456. The molecule has 1 heterocycles. The van der Waals surface area contributed by atoms with E-state index < -0.39 is 0 Å². The van der Waals surface area contributed by atoms with Crippen LogP contribution in [-0.2, 0) is 0 Å². The third-order valence-corrected chi connectivity index (χ3v) is 4.19. The number of aryl methyl sites for hydroxylation is 1. The Bertz CT molecular complexity index is 387. The maximum absolute atomic E-state index is 12.0. The van der Waals surface area contributed by atoms with Gasteiger partial charge in [0.1, 0.15) is 0 Å². The molecule has 0 bridgehead atoms. The Kier molecular flexibility index (Phi) is 3.79. The average Bonchev–Trinajstić information content (AvgIpc) is 2.46. The zero-order valence-electron chi connectivity index (χ0n) is 11.0. The second-order valence-electron chi connectivity index (χ2n) is 5.39. The van der Waals surface area contributed by atoms with Crippen LogP contribution in [0.5, 0.6) is 0 Å². The number of amides is 1. The minimum Gasteiger partial charge on any atom is -0.349 e. The lowest BCUT2D eigenvalue weighted by molar-refractivity contribution is 0.0910. The number of carbonyl (C=O) groups excluding carboxylic acids is 1. The van der Waals surface area contributed by atoms with Gasteiger partial charge in [-0.3, -0.25) is 4.79 Å². The summed E-state index contributed by atoms with van der Waals surface area (Å²) in [5.74, 6) is 0.0456. The van der Waals surface area contributed by atoms with Crippen molar-refractivity contribution in [1.82, 2.24) is 5.32 Å². The predicted molar refractivity (Wildman–Crippen MR) is 70.2 cm³/mol. The molecule has 1 rings (SSSR count). The monoisotopic (exact) mass is 239 g/mol. The highest BCUT2D eigenvalue weighted by Crippen LogP contribution is 2.22.